The van der Waals surface area contributed by atoms with Gasteiger partial charge in [-0.3, -0.25) is 9.59 Å². The maximum atomic E-state index is 12.8. The molecule has 1 saturated heterocycles. The molecule has 1 aliphatic rings. The van der Waals surface area contributed by atoms with Crippen LogP contribution in [0.4, 0.5) is 0 Å². The Labute approximate surface area is 166 Å². The van der Waals surface area contributed by atoms with E-state index in [1.807, 2.05) is 0 Å². The molecular formula is C19H26N3O5S+. The van der Waals surface area contributed by atoms with Crippen LogP contribution in [0.15, 0.2) is 4.79 Å². The number of likely N-dealkylation sites (tertiary alicyclic amines) is 1. The SMILES string of the molecule is COC(=O)Cc1c(C(=O)OC)sc2nc(C[NH+]3C[C@H](C)C[C@H](C)C3)[nH]c(=O)c12. The molecular weight excluding hydrogens is 382 g/mol. The molecule has 0 aliphatic carbocycles. The minimum Gasteiger partial charge on any atom is -0.469 e. The molecule has 28 heavy (non-hydrogen) atoms. The van der Waals surface area contributed by atoms with Gasteiger partial charge >= 0.3 is 11.9 Å². The van der Waals surface area contributed by atoms with Crippen LogP contribution < -0.4 is 10.5 Å². The summed E-state index contributed by atoms with van der Waals surface area (Å²) in [6.07, 6.45) is 1.04. The zero-order chi connectivity index (χ0) is 20.4. The summed E-state index contributed by atoms with van der Waals surface area (Å²) in [5.74, 6) is 0.736. The van der Waals surface area contributed by atoms with Gasteiger partial charge in [0.2, 0.25) is 0 Å². The first-order valence-corrected chi connectivity index (χ1v) is 10.2. The van der Waals surface area contributed by atoms with Crippen molar-refractivity contribution in [1.29, 1.82) is 0 Å². The van der Waals surface area contributed by atoms with Crippen molar-refractivity contribution in [2.24, 2.45) is 11.8 Å². The Bertz CT molecular complexity index is 941. The summed E-state index contributed by atoms with van der Waals surface area (Å²) >= 11 is 1.08. The highest BCUT2D eigenvalue weighted by molar-refractivity contribution is 7.20. The van der Waals surface area contributed by atoms with Gasteiger partial charge in [-0.25, -0.2) is 9.78 Å². The minimum atomic E-state index is -0.591. The van der Waals surface area contributed by atoms with Crippen molar-refractivity contribution < 1.29 is 24.0 Å². The van der Waals surface area contributed by atoms with E-state index >= 15 is 0 Å². The molecule has 3 rings (SSSR count). The van der Waals surface area contributed by atoms with Gasteiger partial charge in [0.1, 0.15) is 16.3 Å². The second-order valence-electron chi connectivity index (χ2n) is 7.63. The normalized spacial score (nSPS) is 22.2. The number of nitrogens with one attached hydrogen (secondary N) is 2. The number of ether oxygens (including phenoxy) is 2. The van der Waals surface area contributed by atoms with E-state index < -0.39 is 11.9 Å². The first-order chi connectivity index (χ1) is 13.3. The quantitative estimate of drug-likeness (QED) is 0.701. The monoisotopic (exact) mass is 408 g/mol. The number of thiophene rings is 1. The van der Waals surface area contributed by atoms with E-state index in [4.69, 9.17) is 9.47 Å². The van der Waals surface area contributed by atoms with Crippen LogP contribution in [0, 0.1) is 11.8 Å². The van der Waals surface area contributed by atoms with E-state index in [0.717, 1.165) is 24.4 Å². The molecule has 9 heteroatoms. The number of methoxy groups -OCH3 is 2. The van der Waals surface area contributed by atoms with Gasteiger partial charge in [0.15, 0.2) is 5.82 Å². The molecule has 2 N–H and O–H groups in total. The molecule has 0 radical (unpaired) electrons. The Hall–Kier alpha value is -2.26. The van der Waals surface area contributed by atoms with E-state index in [-0.39, 0.29) is 22.2 Å². The van der Waals surface area contributed by atoms with Crippen LogP contribution in [-0.4, -0.2) is 49.2 Å². The van der Waals surface area contributed by atoms with E-state index in [0.29, 0.717) is 34.6 Å². The van der Waals surface area contributed by atoms with Crippen molar-refractivity contribution in [2.75, 3.05) is 27.3 Å². The van der Waals surface area contributed by atoms with Crippen LogP contribution in [0.25, 0.3) is 10.2 Å². The van der Waals surface area contributed by atoms with Gasteiger partial charge in [-0.1, -0.05) is 13.8 Å². The summed E-state index contributed by atoms with van der Waals surface area (Å²) in [4.78, 5) is 46.2. The molecule has 0 aromatic carbocycles. The molecule has 1 unspecified atom stereocenters. The van der Waals surface area contributed by atoms with Crippen molar-refractivity contribution in [3.8, 4) is 0 Å². The van der Waals surface area contributed by atoms with Gasteiger partial charge in [-0.2, -0.15) is 0 Å². The minimum absolute atomic E-state index is 0.183. The molecule has 1 fully saturated rings. The van der Waals surface area contributed by atoms with Crippen LogP contribution in [-0.2, 0) is 27.2 Å². The number of nitrogens with zero attached hydrogens (tertiary/aromatic N) is 1. The molecule has 8 nitrogen and oxygen atoms in total. The van der Waals surface area contributed by atoms with Gasteiger partial charge in [0.25, 0.3) is 5.56 Å². The number of esters is 2. The zero-order valence-corrected chi connectivity index (χ0v) is 17.4. The van der Waals surface area contributed by atoms with Crippen molar-refractivity contribution in [3.05, 3.63) is 26.6 Å². The predicted octanol–water partition coefficient (Wildman–Crippen LogP) is 0.548. The van der Waals surface area contributed by atoms with Crippen LogP contribution in [0.5, 0.6) is 0 Å². The lowest BCUT2D eigenvalue weighted by molar-refractivity contribution is -0.926. The summed E-state index contributed by atoms with van der Waals surface area (Å²) in [6.45, 7) is 7.19. The van der Waals surface area contributed by atoms with E-state index in [1.54, 1.807) is 0 Å². The standard InChI is InChI=1S/C19H25N3O5S/c1-10-5-11(2)8-22(7-10)9-13-20-17(24)15-12(6-14(23)26-3)16(19(25)27-4)28-18(15)21-13/h10-11H,5-9H2,1-4H3,(H,20,21,24)/p+1/t10-,11+. The average molecular weight is 409 g/mol. The smallest absolute Gasteiger partial charge is 0.348 e. The third-order valence-corrected chi connectivity index (χ3v) is 6.23. The summed E-state index contributed by atoms with van der Waals surface area (Å²) in [7, 11) is 2.53. The molecule has 152 valence electrons. The molecule has 1 aliphatic heterocycles. The number of carbonyl (C=O) groups excluding carboxylic acids is 2. The number of aromatic nitrogens is 2. The molecule has 3 atom stereocenters. The molecule has 0 amide bonds. The zero-order valence-electron chi connectivity index (χ0n) is 16.6. The molecule has 0 bridgehead atoms. The number of rotatable bonds is 5. The molecule has 0 spiro atoms. The van der Waals surface area contributed by atoms with Gasteiger partial charge in [-0.15, -0.1) is 11.3 Å². The summed E-state index contributed by atoms with van der Waals surface area (Å²) < 4.78 is 9.51. The number of hydrogen-bond acceptors (Lipinski definition) is 7. The highest BCUT2D eigenvalue weighted by Gasteiger charge is 2.28. The summed E-state index contributed by atoms with van der Waals surface area (Å²) in [5.41, 5.74) is -0.0330. The first-order valence-electron chi connectivity index (χ1n) is 9.35. The van der Waals surface area contributed by atoms with Crippen LogP contribution in [0.2, 0.25) is 0 Å². The number of quaternary nitrogens is 1. The van der Waals surface area contributed by atoms with Crippen molar-refractivity contribution in [1.82, 2.24) is 9.97 Å². The van der Waals surface area contributed by atoms with E-state index in [1.165, 1.54) is 25.5 Å². The average Bonchev–Trinajstić information content (AvgIpc) is 2.98. The highest BCUT2D eigenvalue weighted by atomic mass is 32.1. The Kier molecular flexibility index (Phi) is 6.14. The van der Waals surface area contributed by atoms with Crippen LogP contribution in [0.3, 0.4) is 0 Å². The highest BCUT2D eigenvalue weighted by Crippen LogP contribution is 2.29. The first kappa shape index (κ1) is 20.5. The Morgan fingerprint density at radius 2 is 1.89 bits per heavy atom. The van der Waals surface area contributed by atoms with Crippen molar-refractivity contribution in [3.63, 3.8) is 0 Å². The second kappa shape index (κ2) is 8.40. The molecule has 3 heterocycles. The van der Waals surface area contributed by atoms with Gasteiger partial charge in [-0.05, 0) is 6.42 Å². The van der Waals surface area contributed by atoms with Crippen molar-refractivity contribution in [2.45, 2.75) is 33.2 Å². The van der Waals surface area contributed by atoms with Gasteiger partial charge < -0.3 is 19.4 Å². The number of carbonyl (C=O) groups is 2. The van der Waals surface area contributed by atoms with Crippen LogP contribution >= 0.6 is 11.3 Å². The largest absolute Gasteiger partial charge is 0.469 e. The molecule has 2 aromatic rings. The maximum Gasteiger partial charge on any atom is 0.348 e. The predicted molar refractivity (Wildman–Crippen MR) is 105 cm³/mol. The van der Waals surface area contributed by atoms with Crippen molar-refractivity contribution >= 4 is 33.5 Å². The number of piperidine rings is 1. The fourth-order valence-corrected chi connectivity index (χ4v) is 5.27. The van der Waals surface area contributed by atoms with Crippen LogP contribution in [0.1, 0.15) is 41.3 Å². The van der Waals surface area contributed by atoms with E-state index in [9.17, 15) is 14.4 Å². The lowest BCUT2D eigenvalue weighted by Gasteiger charge is -2.31. The third kappa shape index (κ3) is 4.25. The number of fused-ring (bicyclic) bond motifs is 1. The van der Waals surface area contributed by atoms with Gasteiger partial charge in [0, 0.05) is 17.4 Å². The molecule has 2 aromatic heterocycles. The Morgan fingerprint density at radius 1 is 1.21 bits per heavy atom. The Morgan fingerprint density at radius 3 is 2.50 bits per heavy atom. The number of aromatic amines is 1. The number of H-pyrrole nitrogens is 1. The summed E-state index contributed by atoms with van der Waals surface area (Å²) in [6, 6.07) is 0. The lowest BCUT2D eigenvalue weighted by atomic mass is 9.92. The second-order valence-corrected chi connectivity index (χ2v) is 8.63. The fraction of sp³-hybridized carbons (Fsp3) is 0.579. The summed E-state index contributed by atoms with van der Waals surface area (Å²) in [5, 5.41) is 0.259. The molecule has 0 saturated carbocycles. The number of hydrogen-bond donors (Lipinski definition) is 2. The lowest BCUT2D eigenvalue weighted by Crippen LogP contribution is -3.13. The third-order valence-electron chi connectivity index (χ3n) is 5.13. The van der Waals surface area contributed by atoms with Gasteiger partial charge in [0.05, 0.1) is 39.1 Å². The fourth-order valence-electron chi connectivity index (χ4n) is 4.14. The van der Waals surface area contributed by atoms with E-state index in [2.05, 4.69) is 23.8 Å². The Balaban J connectivity index is 1.99. The maximum absolute atomic E-state index is 12.8. The topological polar surface area (TPSA) is 103 Å².